The molecule has 0 bridgehead atoms. The minimum atomic E-state index is -0.141. The quantitative estimate of drug-likeness (QED) is 0.163. The SMILES string of the molecule is CC(C)(C)c1cc2c3c(c1)-n1c4ccc(C(C)(C)C)cc4c4cc(C(C)(C)C)cc(c41)N3c1cc(N(c3ccccc3)c3ccccc3)cc3c1B2c1sc2ccc(C(C)(C)C)cc2c1N3c1ccc2c(c1)sc1ccccc12. The number of nitrogens with zero attached hydrogens (tertiary/aromatic N) is 4. The molecule has 12 aromatic rings. The van der Waals surface area contributed by atoms with E-state index in [1.807, 2.05) is 22.7 Å². The van der Waals surface area contributed by atoms with E-state index in [-0.39, 0.29) is 28.4 Å². The van der Waals surface area contributed by atoms with E-state index in [4.69, 9.17) is 0 Å². The van der Waals surface area contributed by atoms with Crippen molar-refractivity contribution in [2.24, 2.45) is 0 Å². The third-order valence-corrected chi connectivity index (χ3v) is 19.8. The fraction of sp³-hybridized carbons (Fsp3) is 0.222. The van der Waals surface area contributed by atoms with Gasteiger partial charge in [0.2, 0.25) is 0 Å². The molecule has 79 heavy (non-hydrogen) atoms. The Labute approximate surface area is 473 Å². The average Bonchev–Trinajstić information content (AvgIpc) is 2.70. The Kier molecular flexibility index (Phi) is 10.1. The first-order valence-corrected chi connectivity index (χ1v) is 29.8. The molecule has 15 rings (SSSR count). The molecule has 388 valence electrons. The van der Waals surface area contributed by atoms with Crippen molar-refractivity contribution >= 4 is 148 Å². The second kappa shape index (κ2) is 16.5. The highest BCUT2D eigenvalue weighted by Gasteiger charge is 2.49. The minimum absolute atomic E-state index is 0.0206. The molecule has 0 unspecified atom stereocenters. The van der Waals surface area contributed by atoms with Crippen LogP contribution in [0.1, 0.15) is 105 Å². The van der Waals surface area contributed by atoms with Crippen molar-refractivity contribution in [1.29, 1.82) is 0 Å². The Morgan fingerprint density at radius 2 is 0.937 bits per heavy atom. The van der Waals surface area contributed by atoms with Gasteiger partial charge in [-0.2, -0.15) is 0 Å². The van der Waals surface area contributed by atoms with E-state index in [0.717, 1.165) is 17.1 Å². The summed E-state index contributed by atoms with van der Waals surface area (Å²) in [5.41, 5.74) is 22.2. The number of para-hydroxylation sites is 2. The van der Waals surface area contributed by atoms with Crippen LogP contribution in [0.25, 0.3) is 57.8 Å². The van der Waals surface area contributed by atoms with E-state index in [1.54, 1.807) is 0 Å². The molecule has 3 aliphatic rings. The van der Waals surface area contributed by atoms with Crippen LogP contribution in [0.3, 0.4) is 0 Å². The molecule has 0 atom stereocenters. The van der Waals surface area contributed by atoms with Crippen LogP contribution in [0.4, 0.5) is 51.2 Å². The second-order valence-electron chi connectivity index (χ2n) is 26.7. The Morgan fingerprint density at radius 3 is 1.61 bits per heavy atom. The molecule has 3 aliphatic heterocycles. The Morgan fingerprint density at radius 1 is 0.380 bits per heavy atom. The van der Waals surface area contributed by atoms with E-state index in [1.165, 1.54) is 130 Å². The van der Waals surface area contributed by atoms with Crippen LogP contribution in [0.15, 0.2) is 176 Å². The highest BCUT2D eigenvalue weighted by atomic mass is 32.1. The second-order valence-corrected chi connectivity index (χ2v) is 28.9. The molecular weight excluding hydrogens is 996 g/mol. The molecule has 0 fully saturated rings. The van der Waals surface area contributed by atoms with Gasteiger partial charge in [0.1, 0.15) is 0 Å². The number of hydrogen-bond acceptors (Lipinski definition) is 5. The van der Waals surface area contributed by atoms with Crippen LogP contribution in [0, 0.1) is 0 Å². The number of anilines is 9. The lowest BCUT2D eigenvalue weighted by Crippen LogP contribution is -2.61. The molecule has 3 aromatic heterocycles. The summed E-state index contributed by atoms with van der Waals surface area (Å²) in [5.74, 6) is 0. The maximum absolute atomic E-state index is 2.73. The van der Waals surface area contributed by atoms with Crippen molar-refractivity contribution < 1.29 is 0 Å². The van der Waals surface area contributed by atoms with Crippen LogP contribution in [-0.4, -0.2) is 11.3 Å². The molecule has 0 N–H and O–H groups in total. The van der Waals surface area contributed by atoms with Gasteiger partial charge < -0.3 is 19.3 Å². The normalized spacial score (nSPS) is 14.0. The summed E-state index contributed by atoms with van der Waals surface area (Å²) >= 11 is 3.90. The van der Waals surface area contributed by atoms with Crippen LogP contribution in [0.5, 0.6) is 0 Å². The molecule has 0 radical (unpaired) electrons. The smallest absolute Gasteiger partial charge is 0.264 e. The summed E-state index contributed by atoms with van der Waals surface area (Å²) in [6.07, 6.45) is 0. The highest BCUT2D eigenvalue weighted by molar-refractivity contribution is 7.33. The van der Waals surface area contributed by atoms with Crippen molar-refractivity contribution in [3.8, 4) is 5.69 Å². The largest absolute Gasteiger partial charge is 0.310 e. The monoisotopic (exact) mass is 1060 g/mol. The number of aromatic nitrogens is 1. The van der Waals surface area contributed by atoms with Gasteiger partial charge in [0.05, 0.1) is 39.5 Å². The van der Waals surface area contributed by atoms with Gasteiger partial charge in [0.25, 0.3) is 6.71 Å². The van der Waals surface area contributed by atoms with Crippen LogP contribution >= 0.6 is 22.7 Å². The third kappa shape index (κ3) is 7.17. The lowest BCUT2D eigenvalue weighted by Gasteiger charge is -2.46. The lowest BCUT2D eigenvalue weighted by molar-refractivity contribution is 0.590. The standard InChI is InChI=1S/C72H65BN4S2/c1-69(2,3)42-27-31-56-52(33-42)53-35-44(71(7,8)9)37-59-65(53)76(56)60-38-45(72(10,11)12)36-55-67(60)77(59)58-40-49(74(46-21-15-13-16-22-46)47-23-17-14-18-24-47)39-57-64(58)73(55)68-66(54-34-43(70(4,5)6)28-32-62(54)79-68)75(57)48-29-30-51-50-25-19-20-26-61(50)78-63(51)41-48/h13-41H,1-12H3. The molecule has 0 spiro atoms. The average molecular weight is 1060 g/mol. The maximum Gasteiger partial charge on any atom is 0.264 e. The number of fused-ring (bicyclic) bond motifs is 14. The molecular formula is C72H65BN4S2. The van der Waals surface area contributed by atoms with Gasteiger partial charge in [0, 0.05) is 74.2 Å². The van der Waals surface area contributed by atoms with E-state index >= 15 is 0 Å². The minimum Gasteiger partial charge on any atom is -0.310 e. The van der Waals surface area contributed by atoms with Gasteiger partial charge >= 0.3 is 0 Å². The number of thiophene rings is 2. The van der Waals surface area contributed by atoms with E-state index in [2.05, 4.69) is 278 Å². The van der Waals surface area contributed by atoms with Crippen LogP contribution < -0.4 is 30.4 Å². The predicted molar refractivity (Wildman–Crippen MR) is 346 cm³/mol. The molecule has 7 heteroatoms. The van der Waals surface area contributed by atoms with Crippen LogP contribution in [0.2, 0.25) is 0 Å². The highest BCUT2D eigenvalue weighted by Crippen LogP contribution is 2.57. The van der Waals surface area contributed by atoms with E-state index in [0.29, 0.717) is 0 Å². The molecule has 0 aliphatic carbocycles. The van der Waals surface area contributed by atoms with Crippen molar-refractivity contribution in [3.63, 3.8) is 0 Å². The maximum atomic E-state index is 2.73. The van der Waals surface area contributed by atoms with Gasteiger partial charge in [-0.1, -0.05) is 162 Å². The van der Waals surface area contributed by atoms with Crippen molar-refractivity contribution in [1.82, 2.24) is 4.57 Å². The Hall–Kier alpha value is -7.58. The van der Waals surface area contributed by atoms with Gasteiger partial charge in [-0.05, 0) is 152 Å². The van der Waals surface area contributed by atoms with Gasteiger partial charge in [0.15, 0.2) is 0 Å². The number of hydrogen-bond donors (Lipinski definition) is 0. The molecule has 0 saturated carbocycles. The molecule has 0 saturated heterocycles. The van der Waals surface area contributed by atoms with Crippen molar-refractivity contribution in [2.75, 3.05) is 14.7 Å². The summed E-state index contributed by atoms with van der Waals surface area (Å²) in [6.45, 7) is 28.3. The Balaban J connectivity index is 1.15. The predicted octanol–water partition coefficient (Wildman–Crippen LogP) is 19.4. The molecule has 0 amide bonds. The lowest BCUT2D eigenvalue weighted by atomic mass is 9.35. The topological polar surface area (TPSA) is 14.7 Å². The fourth-order valence-electron chi connectivity index (χ4n) is 13.2. The number of benzene rings is 9. The first kappa shape index (κ1) is 48.5. The van der Waals surface area contributed by atoms with Crippen LogP contribution in [-0.2, 0) is 21.7 Å². The summed E-state index contributed by atoms with van der Waals surface area (Å²) < 4.78 is 7.97. The van der Waals surface area contributed by atoms with Gasteiger partial charge in [-0.25, -0.2) is 0 Å². The zero-order chi connectivity index (χ0) is 54.4. The molecule has 6 heterocycles. The molecule has 4 nitrogen and oxygen atoms in total. The summed E-state index contributed by atoms with van der Waals surface area (Å²) in [5, 5.41) is 6.54. The first-order chi connectivity index (χ1) is 37.7. The van der Waals surface area contributed by atoms with Crippen molar-refractivity contribution in [2.45, 2.75) is 105 Å². The summed E-state index contributed by atoms with van der Waals surface area (Å²) in [4.78, 5) is 7.90. The zero-order valence-corrected chi connectivity index (χ0v) is 49.1. The van der Waals surface area contributed by atoms with E-state index < -0.39 is 0 Å². The first-order valence-electron chi connectivity index (χ1n) is 28.2. The third-order valence-electron chi connectivity index (χ3n) is 17.4. The van der Waals surface area contributed by atoms with Gasteiger partial charge in [-0.15, -0.1) is 22.7 Å². The molecule has 9 aromatic carbocycles. The summed E-state index contributed by atoms with van der Waals surface area (Å²) in [7, 11) is 0. The number of rotatable bonds is 4. The van der Waals surface area contributed by atoms with Gasteiger partial charge in [-0.3, -0.25) is 0 Å². The zero-order valence-electron chi connectivity index (χ0n) is 47.4. The van der Waals surface area contributed by atoms with E-state index in [9.17, 15) is 0 Å². The fourth-order valence-corrected chi connectivity index (χ4v) is 15.6. The van der Waals surface area contributed by atoms with Crippen molar-refractivity contribution in [3.05, 3.63) is 198 Å². The Bertz CT molecular complexity index is 4510. The summed E-state index contributed by atoms with van der Waals surface area (Å²) in [6, 6.07) is 68.1.